The summed E-state index contributed by atoms with van der Waals surface area (Å²) in [5.41, 5.74) is 0. The van der Waals surface area contributed by atoms with Crippen molar-refractivity contribution in [3.63, 3.8) is 0 Å². The second kappa shape index (κ2) is 14.0. The largest absolute Gasteiger partial charge is 0.303 e. The molecule has 0 aliphatic heterocycles. The zero-order valence-electron chi connectivity index (χ0n) is 12.8. The molecule has 116 valence electrons. The Kier molecular flexibility index (Phi) is 15.4. The average Bonchev–Trinajstić information content (AvgIpc) is 2.38. The van der Waals surface area contributed by atoms with E-state index in [2.05, 4.69) is 32.3 Å². The molecule has 0 spiro atoms. The molecule has 0 aromatic carbocycles. The van der Waals surface area contributed by atoms with E-state index in [1.807, 2.05) is 0 Å². The molecule has 0 heterocycles. The van der Waals surface area contributed by atoms with Crippen molar-refractivity contribution >= 4 is 10.1 Å². The van der Waals surface area contributed by atoms with Crippen LogP contribution in [0.1, 0.15) is 59.3 Å². The third-order valence-electron chi connectivity index (χ3n) is 2.69. The molecule has 5 heteroatoms. The van der Waals surface area contributed by atoms with Gasteiger partial charge in [0.2, 0.25) is 0 Å². The van der Waals surface area contributed by atoms with Crippen LogP contribution in [0.2, 0.25) is 0 Å². The van der Waals surface area contributed by atoms with E-state index >= 15 is 0 Å². The van der Waals surface area contributed by atoms with Crippen LogP contribution in [0, 0.1) is 0 Å². The van der Waals surface area contributed by atoms with Crippen molar-refractivity contribution in [2.24, 2.45) is 0 Å². The molecule has 1 N–H and O–H groups in total. The summed E-state index contributed by atoms with van der Waals surface area (Å²) in [6.07, 6.45) is 8.09. The molecule has 0 bridgehead atoms. The molecule has 0 saturated carbocycles. The first kappa shape index (κ1) is 20.9. The van der Waals surface area contributed by atoms with Gasteiger partial charge < -0.3 is 4.90 Å². The topological polar surface area (TPSA) is 57.6 Å². The normalized spacial score (nSPS) is 11.0. The summed E-state index contributed by atoms with van der Waals surface area (Å²) in [4.78, 5) is 2.64. The van der Waals surface area contributed by atoms with Crippen LogP contribution in [0.25, 0.3) is 0 Å². The van der Waals surface area contributed by atoms with E-state index in [0.717, 1.165) is 0 Å². The lowest BCUT2D eigenvalue weighted by Gasteiger charge is -2.21. The Morgan fingerprint density at radius 3 is 1.37 bits per heavy atom. The molecule has 0 atom stereocenters. The molecule has 0 radical (unpaired) electrons. The van der Waals surface area contributed by atoms with Crippen molar-refractivity contribution in [3.05, 3.63) is 12.0 Å². The van der Waals surface area contributed by atoms with E-state index in [4.69, 9.17) is 4.55 Å². The van der Waals surface area contributed by atoms with Gasteiger partial charge in [0.1, 0.15) is 0 Å². The Morgan fingerprint density at radius 2 is 1.21 bits per heavy atom. The van der Waals surface area contributed by atoms with Crippen LogP contribution in [-0.2, 0) is 10.1 Å². The second-order valence-electron chi connectivity index (χ2n) is 4.58. The van der Waals surface area contributed by atoms with Crippen molar-refractivity contribution in [3.8, 4) is 0 Å². The van der Waals surface area contributed by atoms with Crippen LogP contribution in [0.5, 0.6) is 0 Å². The maximum atomic E-state index is 9.44. The van der Waals surface area contributed by atoms with E-state index in [-0.39, 0.29) is 0 Å². The van der Waals surface area contributed by atoms with Gasteiger partial charge in [0.25, 0.3) is 10.1 Å². The first-order chi connectivity index (χ1) is 8.91. The lowest BCUT2D eigenvalue weighted by Crippen LogP contribution is -2.27. The van der Waals surface area contributed by atoms with E-state index in [0.29, 0.717) is 5.41 Å². The van der Waals surface area contributed by atoms with Crippen molar-refractivity contribution in [1.82, 2.24) is 4.90 Å². The number of hydrogen-bond acceptors (Lipinski definition) is 3. The molecular formula is C14H31NO3S. The molecule has 4 nitrogen and oxygen atoms in total. The van der Waals surface area contributed by atoms with Gasteiger partial charge in [-0.25, -0.2) is 0 Å². The van der Waals surface area contributed by atoms with Crippen molar-refractivity contribution in [1.29, 1.82) is 0 Å². The number of hydrogen-bond donors (Lipinski definition) is 1. The minimum absolute atomic E-state index is 0.465. The molecular weight excluding hydrogens is 262 g/mol. The zero-order valence-corrected chi connectivity index (χ0v) is 13.6. The summed E-state index contributed by atoms with van der Waals surface area (Å²) in [6, 6.07) is 0. The Balaban J connectivity index is 0. The highest BCUT2D eigenvalue weighted by Gasteiger charge is 2.01. The van der Waals surface area contributed by atoms with Gasteiger partial charge in [0.15, 0.2) is 0 Å². The van der Waals surface area contributed by atoms with Crippen LogP contribution >= 0.6 is 0 Å². The molecule has 0 saturated heterocycles. The van der Waals surface area contributed by atoms with Crippen LogP contribution in [0.15, 0.2) is 12.0 Å². The fourth-order valence-corrected chi connectivity index (χ4v) is 1.48. The van der Waals surface area contributed by atoms with Gasteiger partial charge in [-0.3, -0.25) is 4.55 Å². The van der Waals surface area contributed by atoms with Crippen molar-refractivity contribution < 1.29 is 13.0 Å². The summed E-state index contributed by atoms with van der Waals surface area (Å²) in [6.45, 7) is 13.6. The minimum Gasteiger partial charge on any atom is -0.303 e. The molecule has 0 aromatic heterocycles. The maximum Gasteiger partial charge on any atom is 0.287 e. The molecule has 0 rings (SSSR count). The highest BCUT2D eigenvalue weighted by Crippen LogP contribution is 2.01. The number of unbranched alkanes of at least 4 members (excludes halogenated alkanes) is 3. The van der Waals surface area contributed by atoms with E-state index in [9.17, 15) is 8.42 Å². The van der Waals surface area contributed by atoms with E-state index < -0.39 is 10.1 Å². The Labute approximate surface area is 119 Å². The third-order valence-corrected chi connectivity index (χ3v) is 3.12. The number of nitrogens with zero attached hydrogens (tertiary/aromatic N) is 1. The van der Waals surface area contributed by atoms with Gasteiger partial charge in [-0.2, -0.15) is 8.42 Å². The quantitative estimate of drug-likeness (QED) is 0.624. The zero-order chi connectivity index (χ0) is 15.1. The standard InChI is InChI=1S/C12H27N.C2H4O3S/c1-4-7-10-13(11-8-5-2)12-9-6-3;1-2-6(3,4)5/h4-12H2,1-3H3;2H,1H2,(H,3,4,5). The van der Waals surface area contributed by atoms with Gasteiger partial charge >= 0.3 is 0 Å². The van der Waals surface area contributed by atoms with Gasteiger partial charge in [-0.1, -0.05) is 46.6 Å². The average molecular weight is 293 g/mol. The molecule has 0 aliphatic rings. The first-order valence-corrected chi connectivity index (χ1v) is 8.73. The smallest absolute Gasteiger partial charge is 0.287 e. The molecule has 0 unspecified atom stereocenters. The summed E-state index contributed by atoms with van der Waals surface area (Å²) in [5, 5.41) is 0.465. The Bertz CT molecular complexity index is 258. The summed E-state index contributed by atoms with van der Waals surface area (Å²) >= 11 is 0. The molecule has 19 heavy (non-hydrogen) atoms. The molecule has 0 aromatic rings. The fourth-order valence-electron chi connectivity index (χ4n) is 1.48. The summed E-state index contributed by atoms with van der Waals surface area (Å²) in [5.74, 6) is 0. The van der Waals surface area contributed by atoms with Crippen LogP contribution in [0.4, 0.5) is 0 Å². The van der Waals surface area contributed by atoms with Gasteiger partial charge in [-0.05, 0) is 38.9 Å². The second-order valence-corrected chi connectivity index (χ2v) is 5.95. The van der Waals surface area contributed by atoms with Crippen LogP contribution in [-0.4, -0.2) is 37.5 Å². The first-order valence-electron chi connectivity index (χ1n) is 7.23. The van der Waals surface area contributed by atoms with E-state index in [1.54, 1.807) is 0 Å². The highest BCUT2D eigenvalue weighted by molar-refractivity contribution is 7.88. The highest BCUT2D eigenvalue weighted by atomic mass is 32.2. The predicted octanol–water partition coefficient (Wildman–Crippen LogP) is 3.71. The van der Waals surface area contributed by atoms with Gasteiger partial charge in [0.05, 0.1) is 5.41 Å². The summed E-state index contributed by atoms with van der Waals surface area (Å²) in [7, 11) is -3.90. The molecule has 0 fully saturated rings. The lowest BCUT2D eigenvalue weighted by molar-refractivity contribution is 0.261. The van der Waals surface area contributed by atoms with Gasteiger partial charge in [0, 0.05) is 0 Å². The maximum absolute atomic E-state index is 9.44. The summed E-state index contributed by atoms with van der Waals surface area (Å²) < 4.78 is 26.6. The Morgan fingerprint density at radius 1 is 0.947 bits per heavy atom. The van der Waals surface area contributed by atoms with E-state index in [1.165, 1.54) is 58.2 Å². The molecule has 0 amide bonds. The number of rotatable bonds is 10. The van der Waals surface area contributed by atoms with Gasteiger partial charge in [-0.15, -0.1) is 0 Å². The third kappa shape index (κ3) is 20.1. The lowest BCUT2D eigenvalue weighted by atomic mass is 10.2. The van der Waals surface area contributed by atoms with Crippen molar-refractivity contribution in [2.45, 2.75) is 59.3 Å². The SMILES string of the molecule is C=CS(=O)(=O)O.CCCCN(CCCC)CCCC. The van der Waals surface area contributed by atoms with Crippen LogP contribution < -0.4 is 0 Å². The molecule has 0 aliphatic carbocycles. The minimum atomic E-state index is -3.90. The monoisotopic (exact) mass is 293 g/mol. The predicted molar refractivity (Wildman–Crippen MR) is 82.9 cm³/mol. The van der Waals surface area contributed by atoms with Crippen LogP contribution in [0.3, 0.4) is 0 Å². The Hall–Kier alpha value is -0.390. The van der Waals surface area contributed by atoms with Crippen molar-refractivity contribution in [2.75, 3.05) is 19.6 Å². The fraction of sp³-hybridized carbons (Fsp3) is 0.857.